The van der Waals surface area contributed by atoms with E-state index in [0.717, 1.165) is 24.8 Å². The first-order chi connectivity index (χ1) is 7.46. The summed E-state index contributed by atoms with van der Waals surface area (Å²) in [6.45, 7) is 4.38. The van der Waals surface area contributed by atoms with Gasteiger partial charge in [0.15, 0.2) is 0 Å². The van der Waals surface area contributed by atoms with Gasteiger partial charge in [0.05, 0.1) is 0 Å². The van der Waals surface area contributed by atoms with Gasteiger partial charge >= 0.3 is 0 Å². The maximum absolute atomic E-state index is 13.3. The summed E-state index contributed by atoms with van der Waals surface area (Å²) in [6.07, 6.45) is 4.42. The van der Waals surface area contributed by atoms with Gasteiger partial charge in [-0.05, 0) is 36.0 Å². The zero-order chi connectivity index (χ0) is 11.8. The van der Waals surface area contributed by atoms with Gasteiger partial charge in [-0.3, -0.25) is 0 Å². The average molecular weight is 221 g/mol. The summed E-state index contributed by atoms with van der Waals surface area (Å²) < 4.78 is 13.3. The van der Waals surface area contributed by atoms with E-state index in [1.54, 1.807) is 12.1 Å². The normalized spacial score (nSPS) is 29.0. The molecule has 0 radical (unpaired) electrons. The molecule has 1 aliphatic rings. The number of benzene rings is 1. The fourth-order valence-corrected chi connectivity index (χ4v) is 2.83. The fraction of sp³-hybridized carbons (Fsp3) is 0.571. The van der Waals surface area contributed by atoms with Gasteiger partial charge < -0.3 is 5.73 Å². The third kappa shape index (κ3) is 1.75. The summed E-state index contributed by atoms with van der Waals surface area (Å²) in [6, 6.07) is 6.77. The lowest BCUT2D eigenvalue weighted by Crippen LogP contribution is -2.51. The van der Waals surface area contributed by atoms with E-state index in [2.05, 4.69) is 13.8 Å². The number of hydrogen-bond acceptors (Lipinski definition) is 1. The minimum atomic E-state index is -0.382. The van der Waals surface area contributed by atoms with Gasteiger partial charge in [-0.1, -0.05) is 38.8 Å². The maximum Gasteiger partial charge on any atom is 0.123 e. The third-order valence-corrected chi connectivity index (χ3v) is 4.17. The highest BCUT2D eigenvalue weighted by molar-refractivity contribution is 5.28. The third-order valence-electron chi connectivity index (χ3n) is 4.17. The molecule has 2 rings (SSSR count). The molecule has 1 aliphatic carbocycles. The second-order valence-corrected chi connectivity index (χ2v) is 5.57. The lowest BCUT2D eigenvalue weighted by Gasteiger charge is -2.48. The van der Waals surface area contributed by atoms with Gasteiger partial charge in [0.25, 0.3) is 0 Å². The SMILES string of the molecule is CC1(C)CCCCC1(N)c1cccc(F)c1. The number of halogens is 1. The Balaban J connectivity index is 2.43. The topological polar surface area (TPSA) is 26.0 Å². The second kappa shape index (κ2) is 3.85. The van der Waals surface area contributed by atoms with E-state index in [0.29, 0.717) is 0 Å². The summed E-state index contributed by atoms with van der Waals surface area (Å²) in [5.41, 5.74) is 7.16. The van der Waals surface area contributed by atoms with Crippen LogP contribution in [0.5, 0.6) is 0 Å². The van der Waals surface area contributed by atoms with Crippen molar-refractivity contribution >= 4 is 0 Å². The minimum Gasteiger partial charge on any atom is -0.321 e. The molecule has 1 aromatic carbocycles. The van der Waals surface area contributed by atoms with Crippen LogP contribution in [0.25, 0.3) is 0 Å². The molecule has 2 N–H and O–H groups in total. The van der Waals surface area contributed by atoms with Crippen LogP contribution in [-0.4, -0.2) is 0 Å². The molecular weight excluding hydrogens is 201 g/mol. The van der Waals surface area contributed by atoms with Gasteiger partial charge in [0, 0.05) is 5.54 Å². The van der Waals surface area contributed by atoms with Crippen molar-refractivity contribution in [2.75, 3.05) is 0 Å². The molecule has 0 amide bonds. The van der Waals surface area contributed by atoms with Crippen molar-refractivity contribution in [2.45, 2.75) is 45.1 Å². The van der Waals surface area contributed by atoms with Crippen LogP contribution in [0, 0.1) is 11.2 Å². The fourth-order valence-electron chi connectivity index (χ4n) is 2.83. The van der Waals surface area contributed by atoms with Crippen molar-refractivity contribution in [2.24, 2.45) is 11.1 Å². The van der Waals surface area contributed by atoms with E-state index in [1.807, 2.05) is 6.07 Å². The van der Waals surface area contributed by atoms with E-state index in [4.69, 9.17) is 5.73 Å². The molecule has 2 heteroatoms. The molecule has 1 unspecified atom stereocenters. The first-order valence-corrected chi connectivity index (χ1v) is 6.01. The maximum atomic E-state index is 13.3. The molecule has 16 heavy (non-hydrogen) atoms. The number of nitrogens with two attached hydrogens (primary N) is 1. The molecule has 0 bridgehead atoms. The first-order valence-electron chi connectivity index (χ1n) is 6.01. The lowest BCUT2D eigenvalue weighted by atomic mass is 9.61. The van der Waals surface area contributed by atoms with Crippen molar-refractivity contribution in [3.63, 3.8) is 0 Å². The summed E-state index contributed by atoms with van der Waals surface area (Å²) >= 11 is 0. The van der Waals surface area contributed by atoms with Crippen LogP contribution < -0.4 is 5.73 Å². The molecule has 1 atom stereocenters. The zero-order valence-corrected chi connectivity index (χ0v) is 10.1. The predicted octanol–water partition coefficient (Wildman–Crippen LogP) is 3.58. The van der Waals surface area contributed by atoms with Crippen molar-refractivity contribution in [1.29, 1.82) is 0 Å². The summed E-state index contributed by atoms with van der Waals surface area (Å²) in [7, 11) is 0. The number of hydrogen-bond donors (Lipinski definition) is 1. The Morgan fingerprint density at radius 3 is 2.50 bits per heavy atom. The van der Waals surface area contributed by atoms with Crippen molar-refractivity contribution in [1.82, 2.24) is 0 Å². The summed E-state index contributed by atoms with van der Waals surface area (Å²) in [5.74, 6) is -0.191. The minimum absolute atomic E-state index is 0.0407. The molecule has 0 aromatic heterocycles. The Labute approximate surface area is 96.9 Å². The largest absolute Gasteiger partial charge is 0.321 e. The Hall–Kier alpha value is -0.890. The Kier molecular flexibility index (Phi) is 2.79. The summed E-state index contributed by atoms with van der Waals surface area (Å²) in [4.78, 5) is 0. The van der Waals surface area contributed by atoms with Crippen molar-refractivity contribution < 1.29 is 4.39 Å². The first kappa shape index (κ1) is 11.6. The molecule has 88 valence electrons. The molecule has 1 aromatic rings. The van der Waals surface area contributed by atoms with Crippen LogP contribution in [0.2, 0.25) is 0 Å². The monoisotopic (exact) mass is 221 g/mol. The Morgan fingerprint density at radius 2 is 1.88 bits per heavy atom. The van der Waals surface area contributed by atoms with Crippen LogP contribution in [0.3, 0.4) is 0 Å². The molecule has 0 heterocycles. The average Bonchev–Trinajstić information content (AvgIpc) is 2.22. The van der Waals surface area contributed by atoms with Crippen LogP contribution in [0.4, 0.5) is 4.39 Å². The standard InChI is InChI=1S/C14H20FN/c1-13(2)8-3-4-9-14(13,16)11-6-5-7-12(15)10-11/h5-7,10H,3-4,8-9,16H2,1-2H3. The highest BCUT2D eigenvalue weighted by Crippen LogP contribution is 2.48. The number of rotatable bonds is 1. The molecule has 1 fully saturated rings. The van der Waals surface area contributed by atoms with Crippen molar-refractivity contribution in [3.05, 3.63) is 35.6 Å². The van der Waals surface area contributed by atoms with Crippen LogP contribution in [0.1, 0.15) is 45.1 Å². The van der Waals surface area contributed by atoms with Crippen LogP contribution >= 0.6 is 0 Å². The molecular formula is C14H20FN. The lowest BCUT2D eigenvalue weighted by molar-refractivity contribution is 0.0976. The van der Waals surface area contributed by atoms with Gasteiger partial charge in [-0.2, -0.15) is 0 Å². The zero-order valence-electron chi connectivity index (χ0n) is 10.1. The highest BCUT2D eigenvalue weighted by atomic mass is 19.1. The smallest absolute Gasteiger partial charge is 0.123 e. The quantitative estimate of drug-likeness (QED) is 0.770. The van der Waals surface area contributed by atoms with Gasteiger partial charge in [-0.25, -0.2) is 4.39 Å². The van der Waals surface area contributed by atoms with Crippen LogP contribution in [0.15, 0.2) is 24.3 Å². The molecule has 1 nitrogen and oxygen atoms in total. The van der Waals surface area contributed by atoms with E-state index in [-0.39, 0.29) is 16.8 Å². The van der Waals surface area contributed by atoms with Crippen molar-refractivity contribution in [3.8, 4) is 0 Å². The van der Waals surface area contributed by atoms with E-state index in [1.165, 1.54) is 12.5 Å². The van der Waals surface area contributed by atoms with Gasteiger partial charge in [0.2, 0.25) is 0 Å². The van der Waals surface area contributed by atoms with E-state index < -0.39 is 0 Å². The van der Waals surface area contributed by atoms with Gasteiger partial charge in [-0.15, -0.1) is 0 Å². The van der Waals surface area contributed by atoms with E-state index >= 15 is 0 Å². The molecule has 0 aliphatic heterocycles. The van der Waals surface area contributed by atoms with E-state index in [9.17, 15) is 4.39 Å². The molecule has 0 saturated heterocycles. The predicted molar refractivity (Wildman–Crippen MR) is 64.5 cm³/mol. The Bertz CT molecular complexity index is 386. The van der Waals surface area contributed by atoms with Crippen LogP contribution in [-0.2, 0) is 5.54 Å². The highest BCUT2D eigenvalue weighted by Gasteiger charge is 2.44. The van der Waals surface area contributed by atoms with Gasteiger partial charge in [0.1, 0.15) is 5.82 Å². The Morgan fingerprint density at radius 1 is 1.19 bits per heavy atom. The summed E-state index contributed by atoms with van der Waals surface area (Å²) in [5, 5.41) is 0. The second-order valence-electron chi connectivity index (χ2n) is 5.57. The molecule has 1 saturated carbocycles. The molecule has 0 spiro atoms.